The van der Waals surface area contributed by atoms with Crippen molar-refractivity contribution in [2.45, 2.75) is 36.7 Å². The number of benzene rings is 3. The van der Waals surface area contributed by atoms with E-state index in [-0.39, 0.29) is 17.9 Å². The predicted octanol–water partition coefficient (Wildman–Crippen LogP) is 5.17. The Morgan fingerprint density at radius 2 is 1.82 bits per heavy atom. The number of H-pyrrole nitrogens is 1. The van der Waals surface area contributed by atoms with Gasteiger partial charge in [-0.2, -0.15) is 0 Å². The van der Waals surface area contributed by atoms with Crippen LogP contribution in [0.2, 0.25) is 0 Å². The summed E-state index contributed by atoms with van der Waals surface area (Å²) >= 11 is 1.82. The van der Waals surface area contributed by atoms with Gasteiger partial charge < -0.3 is 15.6 Å². The van der Waals surface area contributed by atoms with Crippen LogP contribution in [0.4, 0.5) is 0 Å². The zero-order chi connectivity index (χ0) is 23.5. The quantitative estimate of drug-likeness (QED) is 0.365. The van der Waals surface area contributed by atoms with Gasteiger partial charge in [0, 0.05) is 28.0 Å². The van der Waals surface area contributed by atoms with Gasteiger partial charge >= 0.3 is 0 Å². The first kappa shape index (κ1) is 22.3. The van der Waals surface area contributed by atoms with Gasteiger partial charge in [-0.05, 0) is 48.7 Å². The van der Waals surface area contributed by atoms with Gasteiger partial charge in [-0.1, -0.05) is 60.2 Å². The number of nitrogens with one attached hydrogen (secondary N) is 3. The topological polar surface area (TPSA) is 74.0 Å². The van der Waals surface area contributed by atoms with E-state index in [9.17, 15) is 9.59 Å². The number of rotatable bonds is 6. The molecule has 2 amide bonds. The van der Waals surface area contributed by atoms with Crippen LogP contribution in [0.3, 0.4) is 0 Å². The van der Waals surface area contributed by atoms with Crippen molar-refractivity contribution in [3.63, 3.8) is 0 Å². The molecular weight excluding hydrogens is 442 g/mol. The van der Waals surface area contributed by atoms with Crippen molar-refractivity contribution in [3.8, 4) is 0 Å². The second-order valence-corrected chi connectivity index (χ2v) is 9.86. The SMILES string of the molecule is Cc1ccc2[nH]c(C(=O)NC(Cc3ccccc3)C(=O)NC3CCSc4ccccc43)cc2c1. The average molecular weight is 470 g/mol. The van der Waals surface area contributed by atoms with Gasteiger partial charge in [0.1, 0.15) is 11.7 Å². The molecule has 4 aromatic rings. The highest BCUT2D eigenvalue weighted by Crippen LogP contribution is 2.35. The van der Waals surface area contributed by atoms with Crippen molar-refractivity contribution in [1.82, 2.24) is 15.6 Å². The molecule has 0 bridgehead atoms. The lowest BCUT2D eigenvalue weighted by molar-refractivity contribution is -0.123. The third kappa shape index (κ3) is 4.87. The van der Waals surface area contributed by atoms with Crippen molar-refractivity contribution in [2.24, 2.45) is 0 Å². The Balaban J connectivity index is 1.37. The number of hydrogen-bond donors (Lipinski definition) is 3. The Kier molecular flexibility index (Phi) is 6.41. The third-order valence-electron chi connectivity index (χ3n) is 6.20. The van der Waals surface area contributed by atoms with E-state index in [2.05, 4.69) is 27.8 Å². The first-order valence-corrected chi connectivity index (χ1v) is 12.5. The van der Waals surface area contributed by atoms with Crippen molar-refractivity contribution in [2.75, 3.05) is 5.75 Å². The van der Waals surface area contributed by atoms with E-state index in [0.717, 1.165) is 39.8 Å². The van der Waals surface area contributed by atoms with E-state index < -0.39 is 6.04 Å². The largest absolute Gasteiger partial charge is 0.351 e. The molecule has 172 valence electrons. The van der Waals surface area contributed by atoms with Gasteiger partial charge in [0.15, 0.2) is 0 Å². The minimum Gasteiger partial charge on any atom is -0.351 e. The van der Waals surface area contributed by atoms with Crippen LogP contribution in [-0.4, -0.2) is 28.6 Å². The number of fused-ring (bicyclic) bond motifs is 2. The molecule has 2 heterocycles. The lowest BCUT2D eigenvalue weighted by Crippen LogP contribution is -2.49. The molecule has 34 heavy (non-hydrogen) atoms. The molecule has 5 nitrogen and oxygen atoms in total. The number of hydrogen-bond acceptors (Lipinski definition) is 3. The fourth-order valence-corrected chi connectivity index (χ4v) is 5.56. The highest BCUT2D eigenvalue weighted by atomic mass is 32.2. The second kappa shape index (κ2) is 9.77. The Bertz CT molecular complexity index is 1330. The van der Waals surface area contributed by atoms with Crippen LogP contribution < -0.4 is 10.6 Å². The molecule has 2 unspecified atom stereocenters. The highest BCUT2D eigenvalue weighted by Gasteiger charge is 2.27. The van der Waals surface area contributed by atoms with Crippen LogP contribution in [0.15, 0.2) is 83.8 Å². The van der Waals surface area contributed by atoms with E-state index >= 15 is 0 Å². The molecular formula is C28H27N3O2S. The maximum Gasteiger partial charge on any atom is 0.268 e. The zero-order valence-electron chi connectivity index (χ0n) is 19.0. The number of aryl methyl sites for hydroxylation is 1. The number of carbonyl (C=O) groups is 2. The third-order valence-corrected chi connectivity index (χ3v) is 7.32. The Morgan fingerprint density at radius 3 is 2.68 bits per heavy atom. The fraction of sp³-hybridized carbons (Fsp3) is 0.214. The molecule has 0 spiro atoms. The summed E-state index contributed by atoms with van der Waals surface area (Å²) in [6.07, 6.45) is 1.28. The van der Waals surface area contributed by atoms with Crippen molar-refractivity contribution < 1.29 is 9.59 Å². The first-order valence-electron chi connectivity index (χ1n) is 11.5. The Labute approximate surface area is 203 Å². The summed E-state index contributed by atoms with van der Waals surface area (Å²) in [4.78, 5) is 31.0. The molecule has 0 fully saturated rings. The normalized spacial score (nSPS) is 16.0. The van der Waals surface area contributed by atoms with E-state index in [1.807, 2.05) is 85.4 Å². The van der Waals surface area contributed by atoms with Crippen LogP contribution in [0, 0.1) is 6.92 Å². The number of aromatic nitrogens is 1. The van der Waals surface area contributed by atoms with E-state index in [0.29, 0.717) is 12.1 Å². The molecule has 1 aliphatic rings. The van der Waals surface area contributed by atoms with Crippen LogP contribution in [0.1, 0.15) is 39.6 Å². The lowest BCUT2D eigenvalue weighted by atomic mass is 10.0. The molecule has 1 aliphatic heterocycles. The predicted molar refractivity (Wildman–Crippen MR) is 137 cm³/mol. The monoisotopic (exact) mass is 469 g/mol. The maximum absolute atomic E-state index is 13.5. The molecule has 0 saturated carbocycles. The van der Waals surface area contributed by atoms with Crippen LogP contribution >= 0.6 is 11.8 Å². The summed E-state index contributed by atoms with van der Waals surface area (Å²) in [5.74, 6) is 0.493. The number of thioether (sulfide) groups is 1. The minimum absolute atomic E-state index is 0.0591. The van der Waals surface area contributed by atoms with Gasteiger partial charge in [-0.3, -0.25) is 9.59 Å². The summed E-state index contributed by atoms with van der Waals surface area (Å²) in [6.45, 7) is 2.02. The van der Waals surface area contributed by atoms with Gasteiger partial charge in [0.25, 0.3) is 5.91 Å². The van der Waals surface area contributed by atoms with Gasteiger partial charge in [0.2, 0.25) is 5.91 Å². The number of amides is 2. The summed E-state index contributed by atoms with van der Waals surface area (Å²) in [6, 6.07) is 25.1. The second-order valence-electron chi connectivity index (χ2n) is 8.73. The maximum atomic E-state index is 13.5. The summed E-state index contributed by atoms with van der Waals surface area (Å²) < 4.78 is 0. The molecule has 1 aromatic heterocycles. The van der Waals surface area contributed by atoms with Crippen molar-refractivity contribution >= 4 is 34.5 Å². The molecule has 6 heteroatoms. The number of aromatic amines is 1. The van der Waals surface area contributed by atoms with Gasteiger partial charge in [-0.25, -0.2) is 0 Å². The standard InChI is InChI=1S/C28H27N3O2S/c1-18-11-12-22-20(15-18)17-25(29-22)28(33)31-24(16-19-7-3-2-4-8-19)27(32)30-23-13-14-34-26-10-6-5-9-21(23)26/h2-12,15,17,23-24,29H,13-14,16H2,1H3,(H,30,32)(H,31,33). The van der Waals surface area contributed by atoms with E-state index in [4.69, 9.17) is 0 Å². The van der Waals surface area contributed by atoms with Crippen LogP contribution in [-0.2, 0) is 11.2 Å². The zero-order valence-corrected chi connectivity index (χ0v) is 19.8. The van der Waals surface area contributed by atoms with Crippen LogP contribution in [0.5, 0.6) is 0 Å². The van der Waals surface area contributed by atoms with Crippen LogP contribution in [0.25, 0.3) is 10.9 Å². The smallest absolute Gasteiger partial charge is 0.268 e. The molecule has 3 N–H and O–H groups in total. The Hall–Kier alpha value is -3.51. The van der Waals surface area contributed by atoms with E-state index in [1.54, 1.807) is 0 Å². The molecule has 0 aliphatic carbocycles. The molecule has 3 aromatic carbocycles. The Morgan fingerprint density at radius 1 is 1.03 bits per heavy atom. The molecule has 5 rings (SSSR count). The highest BCUT2D eigenvalue weighted by molar-refractivity contribution is 7.99. The minimum atomic E-state index is -0.690. The van der Waals surface area contributed by atoms with Crippen molar-refractivity contribution in [3.05, 3.63) is 101 Å². The lowest BCUT2D eigenvalue weighted by Gasteiger charge is -2.28. The van der Waals surface area contributed by atoms with E-state index in [1.165, 1.54) is 4.90 Å². The molecule has 0 saturated heterocycles. The summed E-state index contributed by atoms with van der Waals surface area (Å²) in [5, 5.41) is 7.17. The fourth-order valence-electron chi connectivity index (χ4n) is 4.43. The summed E-state index contributed by atoms with van der Waals surface area (Å²) in [7, 11) is 0. The van der Waals surface area contributed by atoms with Crippen molar-refractivity contribution in [1.29, 1.82) is 0 Å². The molecule has 2 atom stereocenters. The molecule has 0 radical (unpaired) electrons. The average Bonchev–Trinajstić information content (AvgIpc) is 3.28. The van der Waals surface area contributed by atoms with Gasteiger partial charge in [0.05, 0.1) is 6.04 Å². The number of carbonyl (C=O) groups excluding carboxylic acids is 2. The van der Waals surface area contributed by atoms with Gasteiger partial charge in [-0.15, -0.1) is 11.8 Å². The summed E-state index contributed by atoms with van der Waals surface area (Å²) in [5.41, 5.74) is 4.62. The first-order chi connectivity index (χ1) is 16.6.